The average Bonchev–Trinajstić information content (AvgIpc) is 2.39. The Kier molecular flexibility index (Phi) is 6.93. The van der Waals surface area contributed by atoms with Crippen LogP contribution in [0.5, 0.6) is 0 Å². The molecule has 0 unspecified atom stereocenters. The zero-order valence-electron chi connectivity index (χ0n) is 11.3. The summed E-state index contributed by atoms with van der Waals surface area (Å²) in [5.74, 6) is -0.884. The molecule has 0 aliphatic heterocycles. The number of Topliss-reactive ketones (excluding diaryl/α,β-unsaturated/α-hetero) is 2. The van der Waals surface area contributed by atoms with Crippen molar-refractivity contribution in [2.75, 3.05) is 0 Å². The molecule has 1 aromatic rings. The lowest BCUT2D eigenvalue weighted by Crippen LogP contribution is -2.09. The second kappa shape index (κ2) is 8.51. The lowest BCUT2D eigenvalue weighted by atomic mass is 10.0. The van der Waals surface area contributed by atoms with Crippen LogP contribution in [0.1, 0.15) is 62.4 Å². The number of carbonyl (C=O) groups excluding carboxylic acids is 2. The summed E-state index contributed by atoms with van der Waals surface area (Å²) < 4.78 is 12.6. The van der Waals surface area contributed by atoms with E-state index < -0.39 is 5.82 Å². The van der Waals surface area contributed by atoms with Crippen LogP contribution in [0, 0.1) is 5.82 Å². The van der Waals surface area contributed by atoms with Gasteiger partial charge in [0, 0.05) is 6.42 Å². The van der Waals surface area contributed by atoms with E-state index in [0.29, 0.717) is 6.42 Å². The summed E-state index contributed by atoms with van der Waals surface area (Å²) in [6.45, 7) is 2.14. The minimum Gasteiger partial charge on any atom is -0.299 e. The Morgan fingerprint density at radius 1 is 1.16 bits per heavy atom. The molecule has 104 valence electrons. The minimum atomic E-state index is -0.487. The van der Waals surface area contributed by atoms with Gasteiger partial charge >= 0.3 is 0 Å². The summed E-state index contributed by atoms with van der Waals surface area (Å²) in [6, 6.07) is 2.49. The Morgan fingerprint density at radius 3 is 2.53 bits per heavy atom. The Labute approximate surface area is 113 Å². The first-order valence-corrected chi connectivity index (χ1v) is 6.80. The van der Waals surface area contributed by atoms with Crippen molar-refractivity contribution in [3.63, 3.8) is 0 Å². The van der Waals surface area contributed by atoms with Crippen LogP contribution < -0.4 is 0 Å². The van der Waals surface area contributed by atoms with E-state index in [0.717, 1.165) is 25.5 Å². The third kappa shape index (κ3) is 6.22. The van der Waals surface area contributed by atoms with Crippen molar-refractivity contribution in [2.45, 2.75) is 51.9 Å². The second-order valence-corrected chi connectivity index (χ2v) is 4.66. The number of nitrogens with zero attached hydrogens (tertiary/aromatic N) is 1. The number of hydrogen-bond donors (Lipinski definition) is 0. The second-order valence-electron chi connectivity index (χ2n) is 4.66. The largest absolute Gasteiger partial charge is 0.299 e. The van der Waals surface area contributed by atoms with E-state index in [1.807, 2.05) is 0 Å². The van der Waals surface area contributed by atoms with Crippen LogP contribution in [-0.4, -0.2) is 16.6 Å². The van der Waals surface area contributed by atoms with E-state index >= 15 is 0 Å². The lowest BCUT2D eigenvalue weighted by Gasteiger charge is -2.01. The summed E-state index contributed by atoms with van der Waals surface area (Å²) in [7, 11) is 0. The van der Waals surface area contributed by atoms with Crippen molar-refractivity contribution >= 4 is 11.6 Å². The van der Waals surface area contributed by atoms with E-state index in [1.165, 1.54) is 25.0 Å². The van der Waals surface area contributed by atoms with E-state index in [1.54, 1.807) is 0 Å². The molecule has 1 heterocycles. The van der Waals surface area contributed by atoms with Crippen LogP contribution in [0.25, 0.3) is 0 Å². The number of unbranched alkanes of at least 4 members (excludes halogenated alkanes) is 4. The van der Waals surface area contributed by atoms with Gasteiger partial charge in [-0.1, -0.05) is 32.6 Å². The zero-order chi connectivity index (χ0) is 14.1. The highest BCUT2D eigenvalue weighted by Gasteiger charge is 2.12. The van der Waals surface area contributed by atoms with Crippen LogP contribution in [0.15, 0.2) is 18.3 Å². The molecule has 0 fully saturated rings. The molecule has 0 aliphatic rings. The van der Waals surface area contributed by atoms with Gasteiger partial charge in [0.25, 0.3) is 0 Å². The first kappa shape index (κ1) is 15.5. The molecule has 4 heteroatoms. The summed E-state index contributed by atoms with van der Waals surface area (Å²) >= 11 is 0. The summed E-state index contributed by atoms with van der Waals surface area (Å²) in [6.07, 6.45) is 6.66. The number of hydrogen-bond acceptors (Lipinski definition) is 3. The highest BCUT2D eigenvalue weighted by Crippen LogP contribution is 2.08. The number of pyridine rings is 1. The van der Waals surface area contributed by atoms with Crippen molar-refractivity contribution in [3.05, 3.63) is 29.8 Å². The van der Waals surface area contributed by atoms with Crippen LogP contribution >= 0.6 is 0 Å². The minimum absolute atomic E-state index is 0.0624. The lowest BCUT2D eigenvalue weighted by molar-refractivity contribution is -0.118. The van der Waals surface area contributed by atoms with Gasteiger partial charge in [-0.25, -0.2) is 4.39 Å². The molecule has 0 N–H and O–H groups in total. The van der Waals surface area contributed by atoms with Gasteiger partial charge < -0.3 is 0 Å². The normalized spacial score (nSPS) is 10.4. The first-order chi connectivity index (χ1) is 9.13. The summed E-state index contributed by atoms with van der Waals surface area (Å²) in [5.41, 5.74) is 0.153. The maximum atomic E-state index is 12.6. The molecular weight excluding hydrogens is 245 g/mol. The molecule has 1 rings (SSSR count). The summed E-state index contributed by atoms with van der Waals surface area (Å²) in [5, 5.41) is 0. The quantitative estimate of drug-likeness (QED) is 0.388. The molecule has 0 aromatic carbocycles. The van der Waals surface area contributed by atoms with Gasteiger partial charge in [-0.2, -0.15) is 0 Å². The van der Waals surface area contributed by atoms with Gasteiger partial charge in [-0.05, 0) is 18.6 Å². The highest BCUT2D eigenvalue weighted by atomic mass is 19.1. The third-order valence-electron chi connectivity index (χ3n) is 2.93. The fourth-order valence-corrected chi connectivity index (χ4v) is 1.82. The predicted octanol–water partition coefficient (Wildman–Crippen LogP) is 3.72. The number of ketones is 2. The maximum Gasteiger partial charge on any atom is 0.188 e. The Morgan fingerprint density at radius 2 is 1.89 bits per heavy atom. The van der Waals surface area contributed by atoms with E-state index in [2.05, 4.69) is 11.9 Å². The molecule has 19 heavy (non-hydrogen) atoms. The highest BCUT2D eigenvalue weighted by molar-refractivity contribution is 6.06. The fraction of sp³-hybridized carbons (Fsp3) is 0.533. The van der Waals surface area contributed by atoms with Gasteiger partial charge in [-0.15, -0.1) is 0 Å². The van der Waals surface area contributed by atoms with Gasteiger partial charge in [0.15, 0.2) is 5.78 Å². The standard InChI is InChI=1S/C15H20FNO2/c1-2-3-4-5-6-7-13(18)10-15(19)14-9-8-12(16)11-17-14/h8-9,11H,2-7,10H2,1H3. The molecule has 3 nitrogen and oxygen atoms in total. The average molecular weight is 265 g/mol. The van der Waals surface area contributed by atoms with E-state index in [9.17, 15) is 14.0 Å². The molecule has 0 saturated heterocycles. The van der Waals surface area contributed by atoms with Crippen LogP contribution in [0.3, 0.4) is 0 Å². The van der Waals surface area contributed by atoms with Crippen molar-refractivity contribution in [1.82, 2.24) is 4.98 Å². The van der Waals surface area contributed by atoms with Gasteiger partial charge in [-0.3, -0.25) is 14.6 Å². The molecular formula is C15H20FNO2. The maximum absolute atomic E-state index is 12.6. The van der Waals surface area contributed by atoms with Crippen molar-refractivity contribution in [3.8, 4) is 0 Å². The first-order valence-electron chi connectivity index (χ1n) is 6.80. The Bertz CT molecular complexity index is 415. The van der Waals surface area contributed by atoms with Crippen molar-refractivity contribution in [2.24, 2.45) is 0 Å². The van der Waals surface area contributed by atoms with Crippen LogP contribution in [0.2, 0.25) is 0 Å². The number of carbonyl (C=O) groups is 2. The zero-order valence-corrected chi connectivity index (χ0v) is 11.3. The predicted molar refractivity (Wildman–Crippen MR) is 71.5 cm³/mol. The molecule has 0 atom stereocenters. The van der Waals surface area contributed by atoms with Crippen molar-refractivity contribution < 1.29 is 14.0 Å². The SMILES string of the molecule is CCCCCCCC(=O)CC(=O)c1ccc(F)cn1. The van der Waals surface area contributed by atoms with E-state index in [-0.39, 0.29) is 23.7 Å². The third-order valence-corrected chi connectivity index (χ3v) is 2.93. The number of halogens is 1. The van der Waals surface area contributed by atoms with Crippen LogP contribution in [-0.2, 0) is 4.79 Å². The fourth-order valence-electron chi connectivity index (χ4n) is 1.82. The molecule has 0 bridgehead atoms. The van der Waals surface area contributed by atoms with E-state index in [4.69, 9.17) is 0 Å². The molecule has 1 aromatic heterocycles. The van der Waals surface area contributed by atoms with Gasteiger partial charge in [0.1, 0.15) is 17.3 Å². The molecule has 0 aliphatic carbocycles. The molecule has 0 amide bonds. The van der Waals surface area contributed by atoms with Crippen molar-refractivity contribution in [1.29, 1.82) is 0 Å². The molecule has 0 saturated carbocycles. The Hall–Kier alpha value is -1.58. The van der Waals surface area contributed by atoms with Gasteiger partial charge in [0.05, 0.1) is 12.6 Å². The van der Waals surface area contributed by atoms with Crippen LogP contribution in [0.4, 0.5) is 4.39 Å². The monoisotopic (exact) mass is 265 g/mol. The number of aromatic nitrogens is 1. The van der Waals surface area contributed by atoms with Gasteiger partial charge in [0.2, 0.25) is 0 Å². The molecule has 0 radical (unpaired) electrons. The topological polar surface area (TPSA) is 47.0 Å². The summed E-state index contributed by atoms with van der Waals surface area (Å²) in [4.78, 5) is 27.0. The number of rotatable bonds is 9. The Balaban J connectivity index is 2.28. The molecule has 0 spiro atoms. The smallest absolute Gasteiger partial charge is 0.188 e.